The minimum absolute atomic E-state index is 0.0761. The van der Waals surface area contributed by atoms with E-state index in [0.29, 0.717) is 12.8 Å². The molecule has 0 saturated heterocycles. The lowest BCUT2D eigenvalue weighted by atomic mass is 10.1. The van der Waals surface area contributed by atoms with Crippen molar-refractivity contribution in [2.24, 2.45) is 0 Å². The van der Waals surface area contributed by atoms with Gasteiger partial charge in [-0.25, -0.2) is 0 Å². The summed E-state index contributed by atoms with van der Waals surface area (Å²) in [4.78, 5) is 14.5. The first-order valence-electron chi connectivity index (χ1n) is 5.50. The number of nitriles is 1. The summed E-state index contributed by atoms with van der Waals surface area (Å²) < 4.78 is 0. The summed E-state index contributed by atoms with van der Waals surface area (Å²) in [6.45, 7) is 0.0761. The van der Waals surface area contributed by atoms with Crippen molar-refractivity contribution in [3.63, 3.8) is 0 Å². The fourth-order valence-electron chi connectivity index (χ4n) is 1.81. The molecule has 0 spiro atoms. The molecule has 0 radical (unpaired) electrons. The molecule has 2 aromatic rings. The van der Waals surface area contributed by atoms with Crippen molar-refractivity contribution in [3.8, 4) is 6.07 Å². The Kier molecular flexibility index (Phi) is 3.41. The van der Waals surface area contributed by atoms with Crippen LogP contribution in [0.2, 0.25) is 0 Å². The quantitative estimate of drug-likeness (QED) is 0.781. The molecule has 86 valence electrons. The van der Waals surface area contributed by atoms with Gasteiger partial charge in [0, 0.05) is 23.5 Å². The van der Waals surface area contributed by atoms with Crippen LogP contribution in [-0.2, 0) is 11.2 Å². The maximum Gasteiger partial charge on any atom is 0.221 e. The van der Waals surface area contributed by atoms with E-state index in [9.17, 15) is 4.79 Å². The Morgan fingerprint density at radius 1 is 1.41 bits per heavy atom. The minimum Gasteiger partial charge on any atom is -0.361 e. The van der Waals surface area contributed by atoms with Crippen LogP contribution in [0, 0.1) is 11.3 Å². The third kappa shape index (κ3) is 2.64. The molecule has 2 rings (SSSR count). The van der Waals surface area contributed by atoms with Gasteiger partial charge in [-0.1, -0.05) is 18.2 Å². The Morgan fingerprint density at radius 2 is 2.24 bits per heavy atom. The Morgan fingerprint density at radius 3 is 3.06 bits per heavy atom. The molecule has 17 heavy (non-hydrogen) atoms. The monoisotopic (exact) mass is 227 g/mol. The molecule has 4 nitrogen and oxygen atoms in total. The van der Waals surface area contributed by atoms with Crippen molar-refractivity contribution in [1.29, 1.82) is 5.26 Å². The standard InChI is InChI=1S/C13H13N3O/c14-7-8-15-13(17)6-5-10-9-16-12-4-2-1-3-11(10)12/h1-4,9,16H,5-6,8H2,(H,15,17). The van der Waals surface area contributed by atoms with E-state index in [4.69, 9.17) is 5.26 Å². The lowest BCUT2D eigenvalue weighted by Crippen LogP contribution is -2.23. The van der Waals surface area contributed by atoms with E-state index in [1.165, 1.54) is 0 Å². The number of aryl methyl sites for hydroxylation is 1. The molecule has 0 fully saturated rings. The predicted molar refractivity (Wildman–Crippen MR) is 65.2 cm³/mol. The fraction of sp³-hybridized carbons (Fsp3) is 0.231. The molecule has 2 N–H and O–H groups in total. The second kappa shape index (κ2) is 5.17. The van der Waals surface area contributed by atoms with E-state index in [2.05, 4.69) is 10.3 Å². The van der Waals surface area contributed by atoms with Gasteiger partial charge in [-0.15, -0.1) is 0 Å². The van der Waals surface area contributed by atoms with Crippen LogP contribution in [0.3, 0.4) is 0 Å². The topological polar surface area (TPSA) is 68.7 Å². The number of benzene rings is 1. The van der Waals surface area contributed by atoms with E-state index in [1.807, 2.05) is 36.5 Å². The average Bonchev–Trinajstić information content (AvgIpc) is 2.77. The molecule has 0 bridgehead atoms. The number of nitrogens with zero attached hydrogens (tertiary/aromatic N) is 1. The summed E-state index contributed by atoms with van der Waals surface area (Å²) in [5, 5.41) is 12.0. The van der Waals surface area contributed by atoms with Gasteiger partial charge >= 0.3 is 0 Å². The number of fused-ring (bicyclic) bond motifs is 1. The molecular weight excluding hydrogens is 214 g/mol. The number of aromatic nitrogens is 1. The van der Waals surface area contributed by atoms with E-state index in [-0.39, 0.29) is 12.5 Å². The normalized spacial score (nSPS) is 10.1. The van der Waals surface area contributed by atoms with Crippen LogP contribution in [0.15, 0.2) is 30.5 Å². The second-order valence-corrected chi connectivity index (χ2v) is 3.79. The average molecular weight is 227 g/mol. The van der Waals surface area contributed by atoms with Gasteiger partial charge in [0.1, 0.15) is 6.54 Å². The highest BCUT2D eigenvalue weighted by Gasteiger charge is 2.05. The minimum atomic E-state index is -0.0863. The van der Waals surface area contributed by atoms with Crippen molar-refractivity contribution in [1.82, 2.24) is 10.3 Å². The van der Waals surface area contributed by atoms with Crippen LogP contribution >= 0.6 is 0 Å². The van der Waals surface area contributed by atoms with E-state index in [0.717, 1.165) is 16.5 Å². The van der Waals surface area contributed by atoms with Crippen molar-refractivity contribution in [2.75, 3.05) is 6.54 Å². The van der Waals surface area contributed by atoms with Crippen molar-refractivity contribution < 1.29 is 4.79 Å². The number of carbonyl (C=O) groups excluding carboxylic acids is 1. The van der Waals surface area contributed by atoms with Gasteiger partial charge in [0.2, 0.25) is 5.91 Å². The number of aromatic amines is 1. The number of amides is 1. The van der Waals surface area contributed by atoms with E-state index >= 15 is 0 Å². The SMILES string of the molecule is N#CCNC(=O)CCc1c[nH]c2ccccc12. The Balaban J connectivity index is 2.00. The molecule has 1 amide bonds. The Bertz CT molecular complexity index is 565. The van der Waals surface area contributed by atoms with Crippen LogP contribution in [0.4, 0.5) is 0 Å². The zero-order valence-corrected chi connectivity index (χ0v) is 9.36. The van der Waals surface area contributed by atoms with Crippen LogP contribution in [0.1, 0.15) is 12.0 Å². The number of hydrogen-bond acceptors (Lipinski definition) is 2. The highest BCUT2D eigenvalue weighted by molar-refractivity contribution is 5.84. The number of rotatable bonds is 4. The molecule has 1 heterocycles. The van der Waals surface area contributed by atoms with Gasteiger partial charge in [-0.05, 0) is 18.1 Å². The summed E-state index contributed by atoms with van der Waals surface area (Å²) in [6.07, 6.45) is 3.02. The summed E-state index contributed by atoms with van der Waals surface area (Å²) in [7, 11) is 0. The van der Waals surface area contributed by atoms with E-state index < -0.39 is 0 Å². The Hall–Kier alpha value is -2.28. The highest BCUT2D eigenvalue weighted by atomic mass is 16.1. The zero-order chi connectivity index (χ0) is 12.1. The zero-order valence-electron chi connectivity index (χ0n) is 9.36. The number of carbonyl (C=O) groups is 1. The fourth-order valence-corrected chi connectivity index (χ4v) is 1.81. The molecule has 0 atom stereocenters. The van der Waals surface area contributed by atoms with Gasteiger partial charge in [0.05, 0.1) is 6.07 Å². The third-order valence-corrected chi connectivity index (χ3v) is 2.66. The smallest absolute Gasteiger partial charge is 0.221 e. The number of H-pyrrole nitrogens is 1. The number of para-hydroxylation sites is 1. The maximum atomic E-state index is 11.4. The largest absolute Gasteiger partial charge is 0.361 e. The second-order valence-electron chi connectivity index (χ2n) is 3.79. The first kappa shape index (κ1) is 11.2. The predicted octanol–water partition coefficient (Wildman–Crippen LogP) is 1.74. The summed E-state index contributed by atoms with van der Waals surface area (Å²) in [5.74, 6) is -0.0863. The van der Waals surface area contributed by atoms with Crippen molar-refractivity contribution in [3.05, 3.63) is 36.0 Å². The van der Waals surface area contributed by atoms with Gasteiger partial charge < -0.3 is 10.3 Å². The molecule has 4 heteroatoms. The van der Waals surface area contributed by atoms with E-state index in [1.54, 1.807) is 0 Å². The van der Waals surface area contributed by atoms with Gasteiger partial charge in [0.15, 0.2) is 0 Å². The number of hydrogen-bond donors (Lipinski definition) is 2. The molecule has 0 aliphatic rings. The summed E-state index contributed by atoms with van der Waals surface area (Å²) in [5.41, 5.74) is 2.22. The Labute approximate surface area is 99.3 Å². The first-order chi connectivity index (χ1) is 8.31. The van der Waals surface area contributed by atoms with Crippen LogP contribution < -0.4 is 5.32 Å². The molecule has 0 unspecified atom stereocenters. The number of nitrogens with one attached hydrogen (secondary N) is 2. The molecule has 0 saturated carbocycles. The molecule has 1 aromatic carbocycles. The highest BCUT2D eigenvalue weighted by Crippen LogP contribution is 2.18. The third-order valence-electron chi connectivity index (χ3n) is 2.66. The molecule has 0 aliphatic carbocycles. The van der Waals surface area contributed by atoms with Crippen LogP contribution in [0.25, 0.3) is 10.9 Å². The molecule has 0 aliphatic heterocycles. The van der Waals surface area contributed by atoms with Gasteiger partial charge in [-0.2, -0.15) is 5.26 Å². The molecular formula is C13H13N3O. The maximum absolute atomic E-state index is 11.4. The first-order valence-corrected chi connectivity index (χ1v) is 5.50. The van der Waals surface area contributed by atoms with Gasteiger partial charge in [0.25, 0.3) is 0 Å². The summed E-state index contributed by atoms with van der Waals surface area (Å²) in [6, 6.07) is 9.88. The summed E-state index contributed by atoms with van der Waals surface area (Å²) >= 11 is 0. The van der Waals surface area contributed by atoms with Crippen molar-refractivity contribution >= 4 is 16.8 Å². The van der Waals surface area contributed by atoms with Crippen LogP contribution in [-0.4, -0.2) is 17.4 Å². The van der Waals surface area contributed by atoms with Crippen molar-refractivity contribution in [2.45, 2.75) is 12.8 Å². The van der Waals surface area contributed by atoms with Crippen LogP contribution in [0.5, 0.6) is 0 Å². The lowest BCUT2D eigenvalue weighted by molar-refractivity contribution is -0.120. The molecule has 1 aromatic heterocycles. The lowest BCUT2D eigenvalue weighted by Gasteiger charge is -2.00. The van der Waals surface area contributed by atoms with Gasteiger partial charge in [-0.3, -0.25) is 4.79 Å².